The molecule has 0 spiro atoms. The third-order valence-electron chi connectivity index (χ3n) is 3.47. The number of hydrogen-bond donors (Lipinski definition) is 3. The van der Waals surface area contributed by atoms with Gasteiger partial charge >= 0.3 is 0 Å². The second-order valence-electron chi connectivity index (χ2n) is 4.77. The molecule has 1 saturated heterocycles. The molecule has 1 aliphatic rings. The summed E-state index contributed by atoms with van der Waals surface area (Å²) in [5, 5.41) is 5.93. The van der Waals surface area contributed by atoms with Crippen molar-refractivity contribution in [1.29, 1.82) is 0 Å². The van der Waals surface area contributed by atoms with E-state index in [4.69, 9.17) is 0 Å². The van der Waals surface area contributed by atoms with E-state index in [0.29, 0.717) is 35.8 Å². The summed E-state index contributed by atoms with van der Waals surface area (Å²) in [5.74, 6) is 0.472. The molecule has 0 radical (unpaired) electrons. The molecule has 0 bridgehead atoms. The van der Waals surface area contributed by atoms with Gasteiger partial charge in [-0.1, -0.05) is 0 Å². The van der Waals surface area contributed by atoms with Gasteiger partial charge in [-0.05, 0) is 6.42 Å². The number of imide groups is 1. The maximum Gasteiger partial charge on any atom is 0.251 e. The maximum absolute atomic E-state index is 12.1. The number of nitrogens with zero attached hydrogens (tertiary/aromatic N) is 4. The minimum Gasteiger partial charge on any atom is -0.357 e. The first-order valence-corrected chi connectivity index (χ1v) is 6.56. The van der Waals surface area contributed by atoms with E-state index in [9.17, 15) is 9.59 Å². The zero-order valence-corrected chi connectivity index (χ0v) is 11.7. The first kappa shape index (κ1) is 13.3. The molecule has 3 heterocycles. The molecule has 1 unspecified atom stereocenters. The number of nitrogens with one attached hydrogen (secondary N) is 3. The van der Waals surface area contributed by atoms with Crippen LogP contribution in [0.3, 0.4) is 0 Å². The lowest BCUT2D eigenvalue weighted by atomic mass is 10.0. The fourth-order valence-corrected chi connectivity index (χ4v) is 2.26. The van der Waals surface area contributed by atoms with E-state index in [1.54, 1.807) is 7.05 Å². The largest absolute Gasteiger partial charge is 0.357 e. The third-order valence-corrected chi connectivity index (χ3v) is 3.47. The number of aromatic nitrogens is 4. The Hall–Kier alpha value is -2.71. The number of hydrogen-bond acceptors (Lipinski definition) is 7. The first-order chi connectivity index (χ1) is 10.1. The number of H-pyrrole nitrogens is 1. The molecule has 1 atom stereocenters. The number of rotatable bonds is 3. The van der Waals surface area contributed by atoms with Crippen LogP contribution in [0.4, 0.5) is 11.8 Å². The van der Waals surface area contributed by atoms with Crippen LogP contribution in [-0.4, -0.2) is 56.8 Å². The summed E-state index contributed by atoms with van der Waals surface area (Å²) in [4.78, 5) is 40.3. The highest BCUT2D eigenvalue weighted by atomic mass is 16.2. The highest BCUT2D eigenvalue weighted by molar-refractivity contribution is 6.01. The standard InChI is InChI=1S/C12H15N7O2/c1-13-12-17-9-8(14-5-15-9)10(18-12)16-6-3-4-7(20)19(2)11(6)21/h5-6H,3-4H2,1-2H3,(H3,13,14,15,16,17,18). The smallest absolute Gasteiger partial charge is 0.251 e. The average Bonchev–Trinajstić information content (AvgIpc) is 2.96. The minimum atomic E-state index is -0.487. The SMILES string of the molecule is CNc1nc(NC2CCC(=O)N(C)C2=O)c2[nH]cnc2n1. The first-order valence-electron chi connectivity index (χ1n) is 6.56. The lowest BCUT2D eigenvalue weighted by Gasteiger charge is -2.28. The highest BCUT2D eigenvalue weighted by Crippen LogP contribution is 2.22. The van der Waals surface area contributed by atoms with Gasteiger partial charge in [-0.15, -0.1) is 0 Å². The number of amides is 2. The van der Waals surface area contributed by atoms with Crippen molar-refractivity contribution in [3.8, 4) is 0 Å². The van der Waals surface area contributed by atoms with Crippen molar-refractivity contribution in [2.45, 2.75) is 18.9 Å². The van der Waals surface area contributed by atoms with Gasteiger partial charge < -0.3 is 15.6 Å². The zero-order valence-electron chi connectivity index (χ0n) is 11.7. The van der Waals surface area contributed by atoms with Crippen LogP contribution in [0.15, 0.2) is 6.33 Å². The van der Waals surface area contributed by atoms with Crippen molar-refractivity contribution in [1.82, 2.24) is 24.8 Å². The van der Waals surface area contributed by atoms with Crippen molar-refractivity contribution >= 4 is 34.7 Å². The number of carbonyl (C=O) groups excluding carboxylic acids is 2. The Balaban J connectivity index is 1.92. The second kappa shape index (κ2) is 5.00. The second-order valence-corrected chi connectivity index (χ2v) is 4.77. The molecule has 3 N–H and O–H groups in total. The van der Waals surface area contributed by atoms with Crippen LogP contribution < -0.4 is 10.6 Å². The molecule has 3 rings (SSSR count). The Labute approximate surface area is 120 Å². The fourth-order valence-electron chi connectivity index (χ4n) is 2.26. The van der Waals surface area contributed by atoms with Crippen LogP contribution in [0, 0.1) is 0 Å². The number of piperidine rings is 1. The lowest BCUT2D eigenvalue weighted by molar-refractivity contribution is -0.146. The Kier molecular flexibility index (Phi) is 3.16. The van der Waals surface area contributed by atoms with E-state index < -0.39 is 6.04 Å². The summed E-state index contributed by atoms with van der Waals surface area (Å²) in [7, 11) is 3.19. The van der Waals surface area contributed by atoms with Crippen LogP contribution >= 0.6 is 0 Å². The molecule has 1 fully saturated rings. The molecule has 0 saturated carbocycles. The number of anilines is 2. The van der Waals surface area contributed by atoms with E-state index in [2.05, 4.69) is 30.6 Å². The molecule has 110 valence electrons. The monoisotopic (exact) mass is 289 g/mol. The topological polar surface area (TPSA) is 116 Å². The summed E-state index contributed by atoms with van der Waals surface area (Å²) in [6.07, 6.45) is 2.29. The molecular weight excluding hydrogens is 274 g/mol. The van der Waals surface area contributed by atoms with E-state index >= 15 is 0 Å². The number of fused-ring (bicyclic) bond motifs is 1. The number of imidazole rings is 1. The molecule has 1 aliphatic heterocycles. The molecule has 2 aromatic heterocycles. The van der Waals surface area contributed by atoms with E-state index in [1.807, 2.05) is 0 Å². The van der Waals surface area contributed by atoms with Gasteiger partial charge in [0.25, 0.3) is 5.91 Å². The van der Waals surface area contributed by atoms with E-state index in [0.717, 1.165) is 4.90 Å². The van der Waals surface area contributed by atoms with Crippen molar-refractivity contribution in [3.05, 3.63) is 6.33 Å². The van der Waals surface area contributed by atoms with Gasteiger partial charge in [-0.3, -0.25) is 14.5 Å². The molecule has 2 amide bonds. The molecule has 2 aromatic rings. The third kappa shape index (κ3) is 2.26. The number of likely N-dealkylation sites (N-methyl/N-ethyl adjacent to an activating group) is 1. The molecular formula is C12H15N7O2. The zero-order chi connectivity index (χ0) is 15.0. The Bertz CT molecular complexity index is 711. The summed E-state index contributed by atoms with van der Waals surface area (Å²) in [5.41, 5.74) is 1.13. The molecule has 9 heteroatoms. The predicted molar refractivity (Wildman–Crippen MR) is 75.7 cm³/mol. The van der Waals surface area contributed by atoms with Gasteiger partial charge in [0.15, 0.2) is 11.5 Å². The minimum absolute atomic E-state index is 0.164. The Morgan fingerprint density at radius 3 is 2.95 bits per heavy atom. The van der Waals surface area contributed by atoms with Crippen molar-refractivity contribution in [2.24, 2.45) is 0 Å². The van der Waals surface area contributed by atoms with Crippen molar-refractivity contribution in [2.75, 3.05) is 24.7 Å². The van der Waals surface area contributed by atoms with Crippen LogP contribution in [0.25, 0.3) is 11.2 Å². The number of likely N-dealkylation sites (tertiary alicyclic amines) is 1. The summed E-state index contributed by atoms with van der Waals surface area (Å²) in [6, 6.07) is -0.487. The summed E-state index contributed by atoms with van der Waals surface area (Å²) < 4.78 is 0. The average molecular weight is 289 g/mol. The van der Waals surface area contributed by atoms with Crippen molar-refractivity contribution in [3.63, 3.8) is 0 Å². The predicted octanol–water partition coefficient (Wildman–Crippen LogP) is -0.0461. The van der Waals surface area contributed by atoms with Gasteiger partial charge in [0.1, 0.15) is 11.6 Å². The summed E-state index contributed by atoms with van der Waals surface area (Å²) >= 11 is 0. The van der Waals surface area contributed by atoms with Gasteiger partial charge in [-0.25, -0.2) is 4.98 Å². The highest BCUT2D eigenvalue weighted by Gasteiger charge is 2.32. The normalized spacial score (nSPS) is 19.1. The Morgan fingerprint density at radius 1 is 1.38 bits per heavy atom. The fraction of sp³-hybridized carbons (Fsp3) is 0.417. The Morgan fingerprint density at radius 2 is 2.19 bits per heavy atom. The lowest BCUT2D eigenvalue weighted by Crippen LogP contribution is -2.48. The molecule has 9 nitrogen and oxygen atoms in total. The van der Waals surface area contributed by atoms with Crippen LogP contribution in [0.5, 0.6) is 0 Å². The summed E-state index contributed by atoms with van der Waals surface area (Å²) in [6.45, 7) is 0. The van der Waals surface area contributed by atoms with E-state index in [1.165, 1.54) is 13.4 Å². The number of aromatic amines is 1. The van der Waals surface area contributed by atoms with Crippen LogP contribution in [-0.2, 0) is 9.59 Å². The molecule has 21 heavy (non-hydrogen) atoms. The van der Waals surface area contributed by atoms with E-state index in [-0.39, 0.29) is 11.8 Å². The van der Waals surface area contributed by atoms with Gasteiger partial charge in [0, 0.05) is 20.5 Å². The molecule has 0 aromatic carbocycles. The van der Waals surface area contributed by atoms with Gasteiger partial charge in [0.05, 0.1) is 6.33 Å². The van der Waals surface area contributed by atoms with Gasteiger partial charge in [0.2, 0.25) is 11.9 Å². The molecule has 0 aliphatic carbocycles. The number of carbonyl (C=O) groups is 2. The van der Waals surface area contributed by atoms with Crippen LogP contribution in [0.1, 0.15) is 12.8 Å². The van der Waals surface area contributed by atoms with Crippen LogP contribution in [0.2, 0.25) is 0 Å². The quantitative estimate of drug-likeness (QED) is 0.678. The van der Waals surface area contributed by atoms with Gasteiger partial charge in [-0.2, -0.15) is 9.97 Å². The van der Waals surface area contributed by atoms with Crippen molar-refractivity contribution < 1.29 is 9.59 Å². The maximum atomic E-state index is 12.1.